The molecule has 1 N–H and O–H groups in total. The number of benzene rings is 1. The second-order valence-corrected chi connectivity index (χ2v) is 4.83. The Labute approximate surface area is 118 Å². The van der Waals surface area contributed by atoms with E-state index in [0.717, 1.165) is 18.1 Å². The monoisotopic (exact) mass is 277 g/mol. The molecule has 0 spiro atoms. The molecule has 20 heavy (non-hydrogen) atoms. The molecule has 0 atom stereocenters. The smallest absolute Gasteiger partial charge is 0.203 e. The summed E-state index contributed by atoms with van der Waals surface area (Å²) < 4.78 is 20.6. The van der Waals surface area contributed by atoms with E-state index in [1.54, 1.807) is 27.2 Å². The zero-order valence-corrected chi connectivity index (χ0v) is 12.1. The van der Waals surface area contributed by atoms with E-state index in [2.05, 4.69) is 10.3 Å². The Morgan fingerprint density at radius 2 is 2.00 bits per heavy atom. The highest BCUT2D eigenvalue weighted by molar-refractivity contribution is 5.34. The Morgan fingerprint density at radius 1 is 1.30 bits per heavy atom. The van der Waals surface area contributed by atoms with Crippen molar-refractivity contribution in [3.8, 4) is 0 Å². The molecule has 4 nitrogen and oxygen atoms in total. The zero-order chi connectivity index (χ0) is 14.5. The number of ether oxygens (including phenoxy) is 1. The number of methoxy groups -OCH3 is 1. The van der Waals surface area contributed by atoms with Crippen LogP contribution in [-0.2, 0) is 17.8 Å². The van der Waals surface area contributed by atoms with Crippen LogP contribution in [0.1, 0.15) is 16.7 Å². The Bertz CT molecular complexity index is 557. The number of aryl methyl sites for hydroxylation is 2. The molecule has 0 radical (unpaired) electrons. The highest BCUT2D eigenvalue weighted by Crippen LogP contribution is 2.16. The van der Waals surface area contributed by atoms with Crippen LogP contribution in [0.5, 0.6) is 0 Å². The van der Waals surface area contributed by atoms with Crippen molar-refractivity contribution in [2.45, 2.75) is 26.9 Å². The molecule has 0 fully saturated rings. The average Bonchev–Trinajstić information content (AvgIpc) is 2.87. The van der Waals surface area contributed by atoms with Crippen molar-refractivity contribution in [3.05, 3.63) is 47.0 Å². The molecule has 0 saturated heterocycles. The van der Waals surface area contributed by atoms with Crippen molar-refractivity contribution in [3.63, 3.8) is 0 Å². The minimum atomic E-state index is -0.129. The predicted molar refractivity (Wildman–Crippen MR) is 77.3 cm³/mol. The first-order chi connectivity index (χ1) is 9.61. The maximum atomic E-state index is 13.6. The quantitative estimate of drug-likeness (QED) is 0.882. The highest BCUT2D eigenvalue weighted by atomic mass is 19.1. The summed E-state index contributed by atoms with van der Waals surface area (Å²) in [7, 11) is 1.67. The second kappa shape index (κ2) is 6.52. The van der Waals surface area contributed by atoms with Crippen LogP contribution in [-0.4, -0.2) is 23.3 Å². The van der Waals surface area contributed by atoms with Crippen molar-refractivity contribution in [2.75, 3.05) is 19.0 Å². The van der Waals surface area contributed by atoms with Gasteiger partial charge in [-0.3, -0.25) is 0 Å². The number of nitrogens with one attached hydrogen (secondary N) is 1. The van der Waals surface area contributed by atoms with E-state index in [4.69, 9.17) is 4.74 Å². The molecule has 1 aromatic carbocycles. The summed E-state index contributed by atoms with van der Waals surface area (Å²) in [5, 5.41) is 3.27. The van der Waals surface area contributed by atoms with Gasteiger partial charge in [-0.15, -0.1) is 0 Å². The van der Waals surface area contributed by atoms with E-state index in [-0.39, 0.29) is 5.82 Å². The Hall–Kier alpha value is -1.88. The zero-order valence-electron chi connectivity index (χ0n) is 12.1. The summed E-state index contributed by atoms with van der Waals surface area (Å²) in [6.45, 7) is 5.57. The number of anilines is 1. The summed E-state index contributed by atoms with van der Waals surface area (Å²) in [6.07, 6.45) is 3.65. The lowest BCUT2D eigenvalue weighted by molar-refractivity contribution is 0.187. The first-order valence-electron chi connectivity index (χ1n) is 6.61. The first kappa shape index (κ1) is 14.5. The number of imidazole rings is 1. The minimum absolute atomic E-state index is 0.129. The molecule has 5 heteroatoms. The summed E-state index contributed by atoms with van der Waals surface area (Å²) in [5.41, 5.74) is 2.39. The molecule has 1 heterocycles. The number of aromatic nitrogens is 2. The summed E-state index contributed by atoms with van der Waals surface area (Å²) in [5.74, 6) is 0.664. The molecule has 0 aliphatic carbocycles. The standard InChI is InChI=1S/C15H20FN3O/c1-11-8-13(9-12(2)14(11)16)10-18-15-17-4-5-19(15)6-7-20-3/h4-5,8-9H,6-7,10H2,1-3H3,(H,17,18). The largest absolute Gasteiger partial charge is 0.383 e. The summed E-state index contributed by atoms with van der Waals surface area (Å²) in [4.78, 5) is 4.27. The number of hydrogen-bond acceptors (Lipinski definition) is 3. The molecule has 0 bridgehead atoms. The van der Waals surface area contributed by atoms with Crippen LogP contribution in [0.2, 0.25) is 0 Å². The maximum absolute atomic E-state index is 13.6. The number of hydrogen-bond donors (Lipinski definition) is 1. The van der Waals surface area contributed by atoms with E-state index >= 15 is 0 Å². The van der Waals surface area contributed by atoms with Gasteiger partial charge in [-0.05, 0) is 30.5 Å². The lowest BCUT2D eigenvalue weighted by atomic mass is 10.1. The van der Waals surface area contributed by atoms with Crippen molar-refractivity contribution >= 4 is 5.95 Å². The van der Waals surface area contributed by atoms with Gasteiger partial charge in [0, 0.05) is 32.6 Å². The number of rotatable bonds is 6. The third-order valence-corrected chi connectivity index (χ3v) is 3.20. The SMILES string of the molecule is COCCn1ccnc1NCc1cc(C)c(F)c(C)c1. The van der Waals surface area contributed by atoms with Gasteiger partial charge < -0.3 is 14.6 Å². The molecule has 0 unspecified atom stereocenters. The van der Waals surface area contributed by atoms with Crippen LogP contribution < -0.4 is 5.32 Å². The van der Waals surface area contributed by atoms with Crippen LogP contribution in [0.25, 0.3) is 0 Å². The number of halogens is 1. The first-order valence-corrected chi connectivity index (χ1v) is 6.61. The van der Waals surface area contributed by atoms with E-state index in [1.165, 1.54) is 0 Å². The Morgan fingerprint density at radius 3 is 2.65 bits per heavy atom. The van der Waals surface area contributed by atoms with Gasteiger partial charge in [0.15, 0.2) is 0 Å². The molecule has 0 amide bonds. The van der Waals surface area contributed by atoms with Gasteiger partial charge in [0.05, 0.1) is 6.61 Å². The lowest BCUT2D eigenvalue weighted by Gasteiger charge is -2.11. The molecule has 2 aromatic rings. The Balaban J connectivity index is 2.04. The van der Waals surface area contributed by atoms with Gasteiger partial charge in [-0.1, -0.05) is 12.1 Å². The van der Waals surface area contributed by atoms with Gasteiger partial charge in [-0.2, -0.15) is 0 Å². The van der Waals surface area contributed by atoms with Gasteiger partial charge >= 0.3 is 0 Å². The fourth-order valence-electron chi connectivity index (χ4n) is 2.17. The van der Waals surface area contributed by atoms with Crippen molar-refractivity contribution in [1.29, 1.82) is 0 Å². The van der Waals surface area contributed by atoms with Gasteiger partial charge in [-0.25, -0.2) is 9.37 Å². The third kappa shape index (κ3) is 3.36. The average molecular weight is 277 g/mol. The van der Waals surface area contributed by atoms with Crippen LogP contribution in [0.4, 0.5) is 10.3 Å². The van der Waals surface area contributed by atoms with Crippen molar-refractivity contribution in [1.82, 2.24) is 9.55 Å². The van der Waals surface area contributed by atoms with E-state index in [0.29, 0.717) is 24.3 Å². The van der Waals surface area contributed by atoms with Crippen LogP contribution in [0, 0.1) is 19.7 Å². The van der Waals surface area contributed by atoms with Gasteiger partial charge in [0.2, 0.25) is 5.95 Å². The lowest BCUT2D eigenvalue weighted by Crippen LogP contribution is -2.10. The predicted octanol–water partition coefficient (Wildman–Crippen LogP) is 2.90. The fourth-order valence-corrected chi connectivity index (χ4v) is 2.17. The normalized spacial score (nSPS) is 10.8. The van der Waals surface area contributed by atoms with E-state index in [1.807, 2.05) is 22.9 Å². The topological polar surface area (TPSA) is 39.1 Å². The van der Waals surface area contributed by atoms with Crippen molar-refractivity contribution in [2.24, 2.45) is 0 Å². The van der Waals surface area contributed by atoms with E-state index < -0.39 is 0 Å². The van der Waals surface area contributed by atoms with Crippen LogP contribution in [0.15, 0.2) is 24.5 Å². The highest BCUT2D eigenvalue weighted by Gasteiger charge is 2.06. The van der Waals surface area contributed by atoms with Gasteiger partial charge in [0.25, 0.3) is 0 Å². The van der Waals surface area contributed by atoms with Gasteiger partial charge in [0.1, 0.15) is 5.82 Å². The van der Waals surface area contributed by atoms with Crippen LogP contribution >= 0.6 is 0 Å². The summed E-state index contributed by atoms with van der Waals surface area (Å²) >= 11 is 0. The molecular formula is C15H20FN3O. The fraction of sp³-hybridized carbons (Fsp3) is 0.400. The van der Waals surface area contributed by atoms with Crippen molar-refractivity contribution < 1.29 is 9.13 Å². The minimum Gasteiger partial charge on any atom is -0.383 e. The molecule has 2 rings (SSSR count). The molecule has 1 aromatic heterocycles. The molecule has 0 saturated carbocycles. The molecule has 0 aliphatic heterocycles. The molecule has 108 valence electrons. The third-order valence-electron chi connectivity index (χ3n) is 3.20. The number of nitrogens with zero attached hydrogens (tertiary/aromatic N) is 2. The molecular weight excluding hydrogens is 257 g/mol. The van der Waals surface area contributed by atoms with Crippen LogP contribution in [0.3, 0.4) is 0 Å². The molecule has 0 aliphatic rings. The maximum Gasteiger partial charge on any atom is 0.203 e. The van der Waals surface area contributed by atoms with E-state index in [9.17, 15) is 4.39 Å². The summed E-state index contributed by atoms with van der Waals surface area (Å²) in [6, 6.07) is 3.72. The second-order valence-electron chi connectivity index (χ2n) is 4.83. The Kier molecular flexibility index (Phi) is 4.74.